The molecule has 1 fully saturated rings. The van der Waals surface area contributed by atoms with Gasteiger partial charge in [0.05, 0.1) is 0 Å². The molecule has 1 saturated heterocycles. The van der Waals surface area contributed by atoms with E-state index in [0.717, 1.165) is 19.5 Å². The maximum Gasteiger partial charge on any atom is 0.324 e. The monoisotopic (exact) mass is 271 g/mol. The quantitative estimate of drug-likeness (QED) is 0.750. The Morgan fingerprint density at radius 2 is 2.21 bits per heavy atom. The second kappa shape index (κ2) is 6.68. The number of piperidine rings is 1. The van der Waals surface area contributed by atoms with Crippen LogP contribution in [0.3, 0.4) is 0 Å². The average Bonchev–Trinajstić information content (AvgIpc) is 2.27. The van der Waals surface area contributed by atoms with E-state index in [0.29, 0.717) is 12.6 Å². The van der Waals surface area contributed by atoms with E-state index in [1.807, 2.05) is 20.9 Å². The molecule has 0 spiro atoms. The molecule has 0 amide bonds. The van der Waals surface area contributed by atoms with Crippen LogP contribution in [0, 0.1) is 0 Å². The standard InChI is InChI=1S/C14H29N3O2/c1-11(2)15-14(3,13(18)19)10-17(5)12-7-6-8-16(4)9-12/h11-12,15H,6-10H2,1-5H3,(H,18,19). The molecule has 19 heavy (non-hydrogen) atoms. The van der Waals surface area contributed by atoms with Crippen LogP contribution in [0.5, 0.6) is 0 Å². The summed E-state index contributed by atoms with van der Waals surface area (Å²) in [4.78, 5) is 16.1. The van der Waals surface area contributed by atoms with Gasteiger partial charge < -0.3 is 10.0 Å². The molecule has 0 aromatic rings. The number of nitrogens with zero attached hydrogens (tertiary/aromatic N) is 2. The van der Waals surface area contributed by atoms with Crippen LogP contribution >= 0.6 is 0 Å². The van der Waals surface area contributed by atoms with Gasteiger partial charge in [-0.25, -0.2) is 0 Å². The molecule has 1 heterocycles. The Balaban J connectivity index is 2.65. The predicted octanol–water partition coefficient (Wildman–Crippen LogP) is 0.854. The molecular weight excluding hydrogens is 242 g/mol. The molecule has 2 atom stereocenters. The predicted molar refractivity (Wildman–Crippen MR) is 77.5 cm³/mol. The number of aliphatic carboxylic acids is 1. The van der Waals surface area contributed by atoms with E-state index in [2.05, 4.69) is 22.2 Å². The number of carboxylic acid groups (broad SMARTS) is 1. The number of carboxylic acids is 1. The first-order valence-electron chi connectivity index (χ1n) is 7.14. The Bertz CT molecular complexity index is 309. The van der Waals surface area contributed by atoms with Crippen molar-refractivity contribution in [3.05, 3.63) is 0 Å². The van der Waals surface area contributed by atoms with Crippen molar-refractivity contribution in [3.63, 3.8) is 0 Å². The van der Waals surface area contributed by atoms with Crippen LogP contribution in [-0.4, -0.2) is 72.2 Å². The maximum atomic E-state index is 11.5. The summed E-state index contributed by atoms with van der Waals surface area (Å²) in [5, 5.41) is 12.7. The van der Waals surface area contributed by atoms with Gasteiger partial charge in [0.25, 0.3) is 0 Å². The zero-order chi connectivity index (χ0) is 14.6. The summed E-state index contributed by atoms with van der Waals surface area (Å²) in [7, 11) is 4.16. The van der Waals surface area contributed by atoms with Crippen molar-refractivity contribution < 1.29 is 9.90 Å². The summed E-state index contributed by atoms with van der Waals surface area (Å²) < 4.78 is 0. The number of likely N-dealkylation sites (tertiary alicyclic amines) is 1. The highest BCUT2D eigenvalue weighted by molar-refractivity contribution is 5.78. The first-order chi connectivity index (χ1) is 8.74. The number of rotatable bonds is 6. The number of hydrogen-bond acceptors (Lipinski definition) is 4. The third kappa shape index (κ3) is 4.75. The third-order valence-corrected chi connectivity index (χ3v) is 3.87. The van der Waals surface area contributed by atoms with E-state index in [1.165, 1.54) is 6.42 Å². The third-order valence-electron chi connectivity index (χ3n) is 3.87. The lowest BCUT2D eigenvalue weighted by Gasteiger charge is -2.40. The number of hydrogen-bond donors (Lipinski definition) is 2. The van der Waals surface area contributed by atoms with Gasteiger partial charge in [0, 0.05) is 25.2 Å². The Kier molecular flexibility index (Phi) is 5.77. The van der Waals surface area contributed by atoms with Crippen molar-refractivity contribution in [1.29, 1.82) is 0 Å². The summed E-state index contributed by atoms with van der Waals surface area (Å²) in [6.45, 7) is 8.43. The number of carbonyl (C=O) groups is 1. The molecule has 1 aliphatic rings. The van der Waals surface area contributed by atoms with Crippen LogP contribution in [-0.2, 0) is 4.79 Å². The Hall–Kier alpha value is -0.650. The van der Waals surface area contributed by atoms with Gasteiger partial charge in [-0.3, -0.25) is 15.0 Å². The first-order valence-corrected chi connectivity index (χ1v) is 7.14. The van der Waals surface area contributed by atoms with Gasteiger partial charge in [-0.2, -0.15) is 0 Å². The molecule has 0 aliphatic carbocycles. The fraction of sp³-hybridized carbons (Fsp3) is 0.929. The molecule has 0 saturated carbocycles. The zero-order valence-electron chi connectivity index (χ0n) is 12.9. The smallest absolute Gasteiger partial charge is 0.324 e. The second-order valence-corrected chi connectivity index (χ2v) is 6.41. The highest BCUT2D eigenvalue weighted by Crippen LogP contribution is 2.17. The minimum atomic E-state index is -0.890. The van der Waals surface area contributed by atoms with Crippen molar-refractivity contribution >= 4 is 5.97 Å². The molecule has 1 rings (SSSR count). The van der Waals surface area contributed by atoms with Crippen molar-refractivity contribution in [1.82, 2.24) is 15.1 Å². The van der Waals surface area contributed by atoms with Gasteiger partial charge >= 0.3 is 5.97 Å². The lowest BCUT2D eigenvalue weighted by atomic mass is 9.98. The SMILES string of the molecule is CC(C)NC(C)(CN(C)C1CCCN(C)C1)C(=O)O. The molecule has 0 bridgehead atoms. The van der Waals surface area contributed by atoms with Crippen molar-refractivity contribution in [2.45, 2.75) is 51.2 Å². The van der Waals surface area contributed by atoms with Gasteiger partial charge in [-0.15, -0.1) is 0 Å². The lowest BCUT2D eigenvalue weighted by Crippen LogP contribution is -2.60. The molecular formula is C14H29N3O2. The first kappa shape index (κ1) is 16.4. The van der Waals surface area contributed by atoms with Gasteiger partial charge in [-0.05, 0) is 54.3 Å². The summed E-state index contributed by atoms with van der Waals surface area (Å²) in [5.41, 5.74) is -0.890. The van der Waals surface area contributed by atoms with Crippen LogP contribution in [0.25, 0.3) is 0 Å². The normalized spacial score (nSPS) is 24.7. The van der Waals surface area contributed by atoms with Crippen LogP contribution < -0.4 is 5.32 Å². The average molecular weight is 271 g/mol. The van der Waals surface area contributed by atoms with Gasteiger partial charge in [0.2, 0.25) is 0 Å². The molecule has 0 radical (unpaired) electrons. The summed E-state index contributed by atoms with van der Waals surface area (Å²) in [6, 6.07) is 0.606. The Morgan fingerprint density at radius 1 is 1.58 bits per heavy atom. The Labute approximate surface area is 117 Å². The van der Waals surface area contributed by atoms with Crippen molar-refractivity contribution in [2.75, 3.05) is 33.7 Å². The number of likely N-dealkylation sites (N-methyl/N-ethyl adjacent to an activating group) is 2. The molecule has 2 N–H and O–H groups in total. The molecule has 5 nitrogen and oxygen atoms in total. The van der Waals surface area contributed by atoms with E-state index >= 15 is 0 Å². The largest absolute Gasteiger partial charge is 0.480 e. The Morgan fingerprint density at radius 3 is 2.68 bits per heavy atom. The van der Waals surface area contributed by atoms with E-state index in [4.69, 9.17) is 0 Å². The molecule has 1 aliphatic heterocycles. The van der Waals surface area contributed by atoms with E-state index < -0.39 is 11.5 Å². The van der Waals surface area contributed by atoms with Crippen LogP contribution in [0.1, 0.15) is 33.6 Å². The second-order valence-electron chi connectivity index (χ2n) is 6.41. The minimum Gasteiger partial charge on any atom is -0.480 e. The highest BCUT2D eigenvalue weighted by Gasteiger charge is 2.36. The highest BCUT2D eigenvalue weighted by atomic mass is 16.4. The molecule has 2 unspecified atom stereocenters. The minimum absolute atomic E-state index is 0.156. The summed E-state index contributed by atoms with van der Waals surface area (Å²) in [5.74, 6) is -0.780. The fourth-order valence-electron chi connectivity index (χ4n) is 2.94. The van der Waals surface area contributed by atoms with Crippen LogP contribution in [0.2, 0.25) is 0 Å². The maximum absolute atomic E-state index is 11.5. The van der Waals surface area contributed by atoms with Crippen LogP contribution in [0.4, 0.5) is 0 Å². The van der Waals surface area contributed by atoms with E-state index in [1.54, 1.807) is 6.92 Å². The van der Waals surface area contributed by atoms with Crippen molar-refractivity contribution in [3.8, 4) is 0 Å². The molecule has 0 aromatic carbocycles. The molecule has 0 aromatic heterocycles. The fourth-order valence-corrected chi connectivity index (χ4v) is 2.94. The van der Waals surface area contributed by atoms with E-state index in [9.17, 15) is 9.90 Å². The summed E-state index contributed by atoms with van der Waals surface area (Å²) in [6.07, 6.45) is 2.34. The lowest BCUT2D eigenvalue weighted by molar-refractivity contribution is -0.145. The zero-order valence-corrected chi connectivity index (χ0v) is 12.9. The summed E-state index contributed by atoms with van der Waals surface area (Å²) >= 11 is 0. The number of nitrogens with one attached hydrogen (secondary N) is 1. The van der Waals surface area contributed by atoms with Gasteiger partial charge in [0.1, 0.15) is 5.54 Å². The van der Waals surface area contributed by atoms with Crippen LogP contribution in [0.15, 0.2) is 0 Å². The molecule has 5 heteroatoms. The van der Waals surface area contributed by atoms with Gasteiger partial charge in [-0.1, -0.05) is 0 Å². The molecule has 112 valence electrons. The van der Waals surface area contributed by atoms with Gasteiger partial charge in [0.15, 0.2) is 0 Å². The van der Waals surface area contributed by atoms with E-state index in [-0.39, 0.29) is 6.04 Å². The van der Waals surface area contributed by atoms with Crippen molar-refractivity contribution in [2.24, 2.45) is 0 Å². The topological polar surface area (TPSA) is 55.8 Å².